The summed E-state index contributed by atoms with van der Waals surface area (Å²) in [5.74, 6) is 0. The van der Waals surface area contributed by atoms with Gasteiger partial charge in [-0.2, -0.15) is 0 Å². The van der Waals surface area contributed by atoms with Crippen molar-refractivity contribution in [3.8, 4) is 0 Å². The average Bonchev–Trinajstić information content (AvgIpc) is 2.70. The molecule has 0 aliphatic carbocycles. The largest absolute Gasteiger partial charge is 0.396 e. The van der Waals surface area contributed by atoms with Gasteiger partial charge in [-0.05, 0) is 19.3 Å². The number of aliphatic hydroxyl groups is 1. The molecule has 2 aromatic rings. The van der Waals surface area contributed by atoms with Crippen LogP contribution in [-0.4, -0.2) is 31.2 Å². The summed E-state index contributed by atoms with van der Waals surface area (Å²) in [6.45, 7) is 1.14. The van der Waals surface area contributed by atoms with Crippen LogP contribution in [0.3, 0.4) is 0 Å². The number of aromatic nitrogens is 4. The molecule has 0 unspecified atom stereocenters. The van der Waals surface area contributed by atoms with Crippen LogP contribution in [0.15, 0.2) is 12.7 Å². The lowest BCUT2D eigenvalue weighted by Gasteiger charge is -2.02. The maximum Gasteiger partial charge on any atom is 0.157 e. The number of H-pyrrole nitrogens is 1. The molecule has 0 fully saturated rings. The maximum absolute atomic E-state index is 8.68. The molecule has 0 saturated heterocycles. The molecule has 0 atom stereocenters. The molecule has 0 saturated carbocycles. The van der Waals surface area contributed by atoms with Crippen LogP contribution in [0.4, 0.5) is 0 Å². The molecule has 0 aromatic carbocycles. The van der Waals surface area contributed by atoms with E-state index in [0.717, 1.165) is 37.0 Å². The van der Waals surface area contributed by atoms with Crippen LogP contribution in [0, 0.1) is 4.64 Å². The lowest BCUT2D eigenvalue weighted by Crippen LogP contribution is -1.98. The Hall–Kier alpha value is -1.27. The van der Waals surface area contributed by atoms with E-state index in [4.69, 9.17) is 17.3 Å². The van der Waals surface area contributed by atoms with E-state index in [1.54, 1.807) is 12.7 Å². The summed E-state index contributed by atoms with van der Waals surface area (Å²) in [4.78, 5) is 11.3. The van der Waals surface area contributed by atoms with E-state index in [1.165, 1.54) is 0 Å². The summed E-state index contributed by atoms with van der Waals surface area (Å²) in [6, 6.07) is 0. The summed E-state index contributed by atoms with van der Waals surface area (Å²) >= 11 is 5.08. The van der Waals surface area contributed by atoms with Crippen LogP contribution in [0.25, 0.3) is 11.2 Å². The van der Waals surface area contributed by atoms with Crippen LogP contribution in [0.1, 0.15) is 19.3 Å². The number of imidazole rings is 1. The lowest BCUT2D eigenvalue weighted by molar-refractivity contribution is 0.282. The molecule has 2 aromatic heterocycles. The molecule has 2 heterocycles. The van der Waals surface area contributed by atoms with Crippen LogP contribution in [-0.2, 0) is 6.54 Å². The van der Waals surface area contributed by atoms with Crippen LogP contribution in [0.2, 0.25) is 0 Å². The van der Waals surface area contributed by atoms with Crippen molar-refractivity contribution < 1.29 is 5.11 Å². The normalized spacial score (nSPS) is 11.1. The second kappa shape index (κ2) is 5.18. The summed E-state index contributed by atoms with van der Waals surface area (Å²) < 4.78 is 2.56. The Kier molecular flexibility index (Phi) is 3.63. The highest BCUT2D eigenvalue weighted by Crippen LogP contribution is 2.10. The van der Waals surface area contributed by atoms with Crippen LogP contribution < -0.4 is 0 Å². The molecule has 5 nitrogen and oxygen atoms in total. The molecule has 0 aliphatic heterocycles. The number of nitrogens with one attached hydrogen (secondary N) is 1. The monoisotopic (exact) mass is 238 g/mol. The highest BCUT2D eigenvalue weighted by Gasteiger charge is 2.03. The molecule has 2 rings (SSSR count). The molecule has 6 heteroatoms. The van der Waals surface area contributed by atoms with Gasteiger partial charge in [0.2, 0.25) is 0 Å². The Morgan fingerprint density at radius 3 is 3.00 bits per heavy atom. The summed E-state index contributed by atoms with van der Waals surface area (Å²) in [5.41, 5.74) is 1.67. The number of hydrogen-bond donors (Lipinski definition) is 2. The van der Waals surface area contributed by atoms with Gasteiger partial charge in [0.25, 0.3) is 0 Å². The predicted octanol–water partition coefficient (Wildman–Crippen LogP) is 1.65. The van der Waals surface area contributed by atoms with Crippen molar-refractivity contribution in [2.75, 3.05) is 6.61 Å². The Bertz CT molecular complexity index is 519. The zero-order chi connectivity index (χ0) is 11.4. The zero-order valence-electron chi connectivity index (χ0n) is 8.89. The fourth-order valence-electron chi connectivity index (χ4n) is 1.64. The first-order valence-corrected chi connectivity index (χ1v) is 5.73. The lowest BCUT2D eigenvalue weighted by atomic mass is 10.2. The molecule has 0 aliphatic rings. The van der Waals surface area contributed by atoms with E-state index in [2.05, 4.69) is 15.0 Å². The maximum atomic E-state index is 8.68. The van der Waals surface area contributed by atoms with Crippen molar-refractivity contribution in [1.29, 1.82) is 0 Å². The number of fused-ring (bicyclic) bond motifs is 1. The van der Waals surface area contributed by atoms with E-state index < -0.39 is 0 Å². The first-order valence-electron chi connectivity index (χ1n) is 5.32. The van der Waals surface area contributed by atoms with Gasteiger partial charge in [-0.25, -0.2) is 9.97 Å². The predicted molar refractivity (Wildman–Crippen MR) is 63.6 cm³/mol. The van der Waals surface area contributed by atoms with Crippen molar-refractivity contribution in [3.05, 3.63) is 17.3 Å². The van der Waals surface area contributed by atoms with Crippen molar-refractivity contribution in [2.45, 2.75) is 25.8 Å². The number of aromatic amines is 1. The van der Waals surface area contributed by atoms with Crippen LogP contribution in [0.5, 0.6) is 0 Å². The van der Waals surface area contributed by atoms with E-state index >= 15 is 0 Å². The molecule has 0 spiro atoms. The van der Waals surface area contributed by atoms with Crippen LogP contribution >= 0.6 is 12.2 Å². The van der Waals surface area contributed by atoms with Crippen molar-refractivity contribution in [2.24, 2.45) is 0 Å². The van der Waals surface area contributed by atoms with Crippen molar-refractivity contribution >= 4 is 23.4 Å². The van der Waals surface area contributed by atoms with Gasteiger partial charge in [0.1, 0.15) is 11.2 Å². The minimum atomic E-state index is 0.261. The number of nitrogens with zero attached hydrogens (tertiary/aromatic N) is 3. The first-order chi connectivity index (χ1) is 7.83. The minimum Gasteiger partial charge on any atom is -0.396 e. The quantitative estimate of drug-likeness (QED) is 0.614. The van der Waals surface area contributed by atoms with E-state index in [-0.39, 0.29) is 6.61 Å². The summed E-state index contributed by atoms with van der Waals surface area (Å²) in [6.07, 6.45) is 6.26. The molecule has 16 heavy (non-hydrogen) atoms. The Morgan fingerprint density at radius 1 is 1.31 bits per heavy atom. The molecular formula is C10H14N4OS. The third-order valence-electron chi connectivity index (χ3n) is 2.48. The Labute approximate surface area is 98.2 Å². The minimum absolute atomic E-state index is 0.261. The highest BCUT2D eigenvalue weighted by atomic mass is 32.1. The Balaban J connectivity index is 2.13. The third-order valence-corrected chi connectivity index (χ3v) is 2.78. The number of rotatable bonds is 5. The highest BCUT2D eigenvalue weighted by molar-refractivity contribution is 7.71. The fourth-order valence-corrected chi connectivity index (χ4v) is 1.85. The molecule has 0 radical (unpaired) electrons. The average molecular weight is 238 g/mol. The second-order valence-electron chi connectivity index (χ2n) is 3.63. The molecule has 0 amide bonds. The van der Waals surface area contributed by atoms with Gasteiger partial charge < -0.3 is 14.7 Å². The van der Waals surface area contributed by atoms with Crippen molar-refractivity contribution in [3.63, 3.8) is 0 Å². The topological polar surface area (TPSA) is 66.7 Å². The van der Waals surface area contributed by atoms with E-state index in [1.807, 2.05) is 4.57 Å². The first kappa shape index (κ1) is 11.2. The van der Waals surface area contributed by atoms with E-state index in [9.17, 15) is 0 Å². The number of hydrogen-bond acceptors (Lipinski definition) is 4. The van der Waals surface area contributed by atoms with Gasteiger partial charge in [0.05, 0.1) is 12.7 Å². The number of aryl methyl sites for hydroxylation is 1. The smallest absolute Gasteiger partial charge is 0.157 e. The second-order valence-corrected chi connectivity index (χ2v) is 4.01. The Morgan fingerprint density at radius 2 is 2.19 bits per heavy atom. The molecule has 2 N–H and O–H groups in total. The van der Waals surface area contributed by atoms with Crippen molar-refractivity contribution in [1.82, 2.24) is 19.5 Å². The van der Waals surface area contributed by atoms with Gasteiger partial charge >= 0.3 is 0 Å². The molecule has 86 valence electrons. The van der Waals surface area contributed by atoms with Gasteiger partial charge in [-0.1, -0.05) is 12.2 Å². The third kappa shape index (κ3) is 2.28. The van der Waals surface area contributed by atoms with Gasteiger partial charge in [0.15, 0.2) is 4.64 Å². The molecule has 0 bridgehead atoms. The number of unbranched alkanes of at least 4 members (excludes halogenated alkanes) is 2. The zero-order valence-corrected chi connectivity index (χ0v) is 9.70. The van der Waals surface area contributed by atoms with Gasteiger partial charge in [0, 0.05) is 13.2 Å². The summed E-state index contributed by atoms with van der Waals surface area (Å²) in [5, 5.41) is 8.68. The fraction of sp³-hybridized carbons (Fsp3) is 0.500. The molecular weight excluding hydrogens is 224 g/mol. The van der Waals surface area contributed by atoms with E-state index in [0.29, 0.717) is 4.64 Å². The SMILES string of the molecule is OCCCCCn1cnc2c(=S)nc[nH]c21. The number of aliphatic hydroxyl groups excluding tert-OH is 1. The summed E-state index contributed by atoms with van der Waals surface area (Å²) in [7, 11) is 0. The van der Waals surface area contributed by atoms with Gasteiger partial charge in [-0.15, -0.1) is 0 Å². The van der Waals surface area contributed by atoms with Gasteiger partial charge in [-0.3, -0.25) is 0 Å². The standard InChI is InChI=1S/C10H14N4OS/c15-5-3-1-2-4-14-7-13-8-9(14)11-6-12-10(8)16/h6-7,15H,1-5H2,(H,11,12,16).